The summed E-state index contributed by atoms with van der Waals surface area (Å²) in [6.45, 7) is 5.47. The van der Waals surface area contributed by atoms with E-state index >= 15 is 0 Å². The predicted molar refractivity (Wildman–Crippen MR) is 130 cm³/mol. The van der Waals surface area contributed by atoms with Gasteiger partial charge in [0.05, 0.1) is 22.3 Å². The molecule has 8 nitrogen and oxygen atoms in total. The molecule has 0 bridgehead atoms. The first kappa shape index (κ1) is 23.2. The van der Waals surface area contributed by atoms with Crippen LogP contribution in [0.25, 0.3) is 5.69 Å². The number of aromatic nitrogens is 3. The summed E-state index contributed by atoms with van der Waals surface area (Å²) in [6, 6.07) is 19.0. The highest BCUT2D eigenvalue weighted by Crippen LogP contribution is 2.22. The Balaban J connectivity index is 1.52. The van der Waals surface area contributed by atoms with Crippen LogP contribution >= 0.6 is 0 Å². The molecule has 0 spiro atoms. The molecule has 1 amide bonds. The largest absolute Gasteiger partial charge is 0.346 e. The normalized spacial score (nSPS) is 12.2. The molecule has 0 saturated carbocycles. The molecule has 0 aliphatic rings. The van der Waals surface area contributed by atoms with E-state index in [0.29, 0.717) is 16.8 Å². The van der Waals surface area contributed by atoms with Gasteiger partial charge in [0.25, 0.3) is 15.9 Å². The number of benzene rings is 3. The molecule has 0 radical (unpaired) electrons. The maximum absolute atomic E-state index is 13.0. The quantitative estimate of drug-likeness (QED) is 0.417. The average molecular weight is 476 g/mol. The monoisotopic (exact) mass is 475 g/mol. The van der Waals surface area contributed by atoms with Crippen molar-refractivity contribution in [2.75, 3.05) is 4.72 Å². The summed E-state index contributed by atoms with van der Waals surface area (Å²) in [7, 11) is -3.86. The summed E-state index contributed by atoms with van der Waals surface area (Å²) in [5.74, 6) is -0.349. The van der Waals surface area contributed by atoms with E-state index in [4.69, 9.17) is 0 Å². The van der Waals surface area contributed by atoms with Crippen LogP contribution in [0.3, 0.4) is 0 Å². The number of aryl methyl sites for hydroxylation is 2. The lowest BCUT2D eigenvalue weighted by Gasteiger charge is -2.17. The zero-order valence-electron chi connectivity index (χ0n) is 19.1. The van der Waals surface area contributed by atoms with E-state index < -0.39 is 10.0 Å². The van der Waals surface area contributed by atoms with Gasteiger partial charge in [0, 0.05) is 5.56 Å². The lowest BCUT2D eigenvalue weighted by Crippen LogP contribution is -2.27. The van der Waals surface area contributed by atoms with E-state index in [1.807, 2.05) is 50.2 Å². The Morgan fingerprint density at radius 3 is 2.38 bits per heavy atom. The van der Waals surface area contributed by atoms with E-state index in [2.05, 4.69) is 20.1 Å². The molecule has 1 unspecified atom stereocenters. The summed E-state index contributed by atoms with van der Waals surface area (Å²) >= 11 is 0. The molecular weight excluding hydrogens is 450 g/mol. The Morgan fingerprint density at radius 1 is 0.971 bits per heavy atom. The maximum Gasteiger partial charge on any atom is 0.261 e. The minimum Gasteiger partial charge on any atom is -0.346 e. The number of anilines is 1. The van der Waals surface area contributed by atoms with Gasteiger partial charge in [-0.1, -0.05) is 36.4 Å². The average Bonchev–Trinajstić information content (AvgIpc) is 3.36. The van der Waals surface area contributed by atoms with Gasteiger partial charge >= 0.3 is 0 Å². The maximum atomic E-state index is 13.0. The van der Waals surface area contributed by atoms with Crippen LogP contribution in [-0.4, -0.2) is 29.1 Å². The molecule has 3 aromatic carbocycles. The van der Waals surface area contributed by atoms with Gasteiger partial charge in [-0.05, 0) is 67.8 Å². The smallest absolute Gasteiger partial charge is 0.261 e. The van der Waals surface area contributed by atoms with Crippen LogP contribution < -0.4 is 10.0 Å². The number of sulfonamides is 1. The summed E-state index contributed by atoms with van der Waals surface area (Å²) in [6.07, 6.45) is 3.07. The molecular formula is C25H25N5O3S. The van der Waals surface area contributed by atoms with Crippen molar-refractivity contribution in [2.45, 2.75) is 31.7 Å². The highest BCUT2D eigenvalue weighted by atomic mass is 32.2. The van der Waals surface area contributed by atoms with Crippen LogP contribution in [0.2, 0.25) is 0 Å². The zero-order chi connectivity index (χ0) is 24.3. The number of para-hydroxylation sites is 1. The van der Waals surface area contributed by atoms with E-state index in [-0.39, 0.29) is 16.8 Å². The van der Waals surface area contributed by atoms with Crippen LogP contribution in [0.15, 0.2) is 84.3 Å². The number of amides is 1. The molecule has 1 aromatic heterocycles. The lowest BCUT2D eigenvalue weighted by atomic mass is 10.1. The zero-order valence-corrected chi connectivity index (χ0v) is 19.9. The Kier molecular flexibility index (Phi) is 6.47. The number of hydrogen-bond donors (Lipinski definition) is 2. The number of carbonyl (C=O) groups excluding carboxylic acids is 1. The molecule has 0 aliphatic carbocycles. The third-order valence-corrected chi connectivity index (χ3v) is 6.94. The van der Waals surface area contributed by atoms with Gasteiger partial charge < -0.3 is 5.32 Å². The topological polar surface area (TPSA) is 106 Å². The van der Waals surface area contributed by atoms with E-state index in [9.17, 15) is 13.2 Å². The van der Waals surface area contributed by atoms with Gasteiger partial charge in [-0.3, -0.25) is 9.52 Å². The van der Waals surface area contributed by atoms with Crippen molar-refractivity contribution < 1.29 is 13.2 Å². The summed E-state index contributed by atoms with van der Waals surface area (Å²) < 4.78 is 30.2. The van der Waals surface area contributed by atoms with Crippen LogP contribution in [0.5, 0.6) is 0 Å². The summed E-state index contributed by atoms with van der Waals surface area (Å²) in [4.78, 5) is 17.0. The minimum absolute atomic E-state index is 0.0244. The van der Waals surface area contributed by atoms with Gasteiger partial charge in [0.15, 0.2) is 0 Å². The molecule has 0 aliphatic heterocycles. The number of hydrogen-bond acceptors (Lipinski definition) is 5. The van der Waals surface area contributed by atoms with Gasteiger partial charge in [0.2, 0.25) is 0 Å². The Morgan fingerprint density at radius 2 is 1.71 bits per heavy atom. The van der Waals surface area contributed by atoms with Crippen molar-refractivity contribution in [3.8, 4) is 5.69 Å². The highest BCUT2D eigenvalue weighted by Gasteiger charge is 2.20. The molecule has 1 atom stereocenters. The fourth-order valence-electron chi connectivity index (χ4n) is 3.52. The van der Waals surface area contributed by atoms with E-state index in [1.165, 1.54) is 18.5 Å². The Bertz CT molecular complexity index is 1420. The molecule has 0 saturated heterocycles. The minimum atomic E-state index is -3.86. The van der Waals surface area contributed by atoms with Crippen LogP contribution in [0, 0.1) is 13.8 Å². The second-order valence-corrected chi connectivity index (χ2v) is 9.71. The van der Waals surface area contributed by atoms with Crippen LogP contribution in [-0.2, 0) is 10.0 Å². The molecule has 9 heteroatoms. The lowest BCUT2D eigenvalue weighted by molar-refractivity contribution is 0.0939. The predicted octanol–water partition coefficient (Wildman–Crippen LogP) is 4.18. The first-order valence-electron chi connectivity index (χ1n) is 10.7. The molecule has 34 heavy (non-hydrogen) atoms. The standard InChI is InChI=1S/C25H25N5O3S/c1-17-8-13-22(34(32,33)29-24-7-5-4-6-18(24)2)14-23(17)25(31)28-19(3)20-9-11-21(12-10-20)30-16-26-15-27-30/h4-16,19,29H,1-3H3,(H,28,31). The van der Waals surface area contributed by atoms with Crippen molar-refractivity contribution in [3.63, 3.8) is 0 Å². The third-order valence-electron chi connectivity index (χ3n) is 5.58. The van der Waals surface area contributed by atoms with E-state index in [0.717, 1.165) is 16.8 Å². The van der Waals surface area contributed by atoms with Crippen molar-refractivity contribution >= 4 is 21.6 Å². The first-order chi connectivity index (χ1) is 16.2. The molecule has 4 rings (SSSR count). The summed E-state index contributed by atoms with van der Waals surface area (Å²) in [5.41, 5.74) is 4.05. The van der Waals surface area contributed by atoms with Gasteiger partial charge in [-0.2, -0.15) is 5.10 Å². The SMILES string of the molecule is Cc1ccccc1NS(=O)(=O)c1ccc(C)c(C(=O)NC(C)c2ccc(-n3cncn3)cc2)c1. The highest BCUT2D eigenvalue weighted by molar-refractivity contribution is 7.92. The molecule has 2 N–H and O–H groups in total. The van der Waals surface area contributed by atoms with E-state index in [1.54, 1.807) is 36.1 Å². The number of rotatable bonds is 7. The second-order valence-electron chi connectivity index (χ2n) is 8.02. The van der Waals surface area contributed by atoms with Crippen molar-refractivity contribution in [3.05, 3.63) is 102 Å². The van der Waals surface area contributed by atoms with Crippen molar-refractivity contribution in [1.82, 2.24) is 20.1 Å². The van der Waals surface area contributed by atoms with Gasteiger partial charge in [0.1, 0.15) is 12.7 Å². The molecule has 0 fully saturated rings. The molecule has 1 heterocycles. The Hall–Kier alpha value is -3.98. The fraction of sp³-hybridized carbons (Fsp3) is 0.160. The number of nitrogens with zero attached hydrogens (tertiary/aromatic N) is 3. The number of nitrogens with one attached hydrogen (secondary N) is 2. The van der Waals surface area contributed by atoms with Crippen molar-refractivity contribution in [2.24, 2.45) is 0 Å². The van der Waals surface area contributed by atoms with Crippen LogP contribution in [0.1, 0.15) is 40.0 Å². The molecule has 174 valence electrons. The molecule has 4 aromatic rings. The van der Waals surface area contributed by atoms with Gasteiger partial charge in [-0.25, -0.2) is 18.1 Å². The number of carbonyl (C=O) groups is 1. The van der Waals surface area contributed by atoms with Gasteiger partial charge in [-0.15, -0.1) is 0 Å². The van der Waals surface area contributed by atoms with Crippen molar-refractivity contribution in [1.29, 1.82) is 0 Å². The second kappa shape index (κ2) is 9.48. The summed E-state index contributed by atoms with van der Waals surface area (Å²) in [5, 5.41) is 7.06. The third kappa shape index (κ3) is 4.99. The first-order valence-corrected chi connectivity index (χ1v) is 12.2. The Labute approximate surface area is 198 Å². The van der Waals surface area contributed by atoms with Crippen LogP contribution in [0.4, 0.5) is 5.69 Å². The fourth-order valence-corrected chi connectivity index (χ4v) is 4.68.